The van der Waals surface area contributed by atoms with Crippen molar-refractivity contribution in [1.29, 1.82) is 0 Å². The van der Waals surface area contributed by atoms with E-state index in [4.69, 9.17) is 0 Å². The van der Waals surface area contributed by atoms with Crippen molar-refractivity contribution in [3.05, 3.63) is 41.7 Å². The number of aryl methyl sites for hydroxylation is 1. The van der Waals surface area contributed by atoms with Gasteiger partial charge >= 0.3 is 0 Å². The number of hydrogen-bond donors (Lipinski definition) is 2. The Morgan fingerprint density at radius 3 is 2.92 bits per heavy atom. The predicted molar refractivity (Wildman–Crippen MR) is 114 cm³/mol. The molecule has 0 bridgehead atoms. The Hall–Kier alpha value is -1.71. The molecule has 8 heteroatoms. The first-order valence-corrected chi connectivity index (χ1v) is 9.20. The molecule has 1 aliphatic rings. The van der Waals surface area contributed by atoms with E-state index in [0.717, 1.165) is 55.8 Å². The molecular formula is C18H28IN7. The highest BCUT2D eigenvalue weighted by Crippen LogP contribution is 2.14. The van der Waals surface area contributed by atoms with E-state index in [9.17, 15) is 0 Å². The lowest BCUT2D eigenvalue weighted by Crippen LogP contribution is -2.38. The fraction of sp³-hybridized carbons (Fsp3) is 0.556. The molecule has 1 aliphatic heterocycles. The summed E-state index contributed by atoms with van der Waals surface area (Å²) in [6.07, 6.45) is 7.42. The van der Waals surface area contributed by atoms with Gasteiger partial charge in [-0.3, -0.25) is 4.98 Å². The van der Waals surface area contributed by atoms with Gasteiger partial charge in [0.15, 0.2) is 5.96 Å². The number of nitrogens with zero attached hydrogens (tertiary/aromatic N) is 5. The van der Waals surface area contributed by atoms with Crippen molar-refractivity contribution in [2.45, 2.75) is 52.1 Å². The molecule has 3 heterocycles. The number of pyridine rings is 1. The van der Waals surface area contributed by atoms with Crippen molar-refractivity contribution >= 4 is 29.9 Å². The second kappa shape index (κ2) is 11.1. The van der Waals surface area contributed by atoms with Crippen LogP contribution in [0.4, 0.5) is 0 Å². The number of nitrogens with one attached hydrogen (secondary N) is 2. The molecule has 26 heavy (non-hydrogen) atoms. The topological polar surface area (TPSA) is 80.0 Å². The molecule has 7 nitrogen and oxygen atoms in total. The van der Waals surface area contributed by atoms with Gasteiger partial charge in [-0.25, -0.2) is 4.99 Å². The normalized spacial score (nSPS) is 14.1. The smallest absolute Gasteiger partial charge is 0.191 e. The third-order valence-electron chi connectivity index (χ3n) is 4.30. The van der Waals surface area contributed by atoms with Gasteiger partial charge in [-0.15, -0.1) is 34.2 Å². The van der Waals surface area contributed by atoms with Crippen molar-refractivity contribution in [1.82, 2.24) is 30.4 Å². The summed E-state index contributed by atoms with van der Waals surface area (Å²) in [5.41, 5.74) is 0.961. The van der Waals surface area contributed by atoms with Crippen LogP contribution >= 0.6 is 24.0 Å². The largest absolute Gasteiger partial charge is 0.357 e. The average Bonchev–Trinajstić information content (AvgIpc) is 2.87. The van der Waals surface area contributed by atoms with Gasteiger partial charge in [-0.1, -0.05) is 12.5 Å². The Kier molecular flexibility index (Phi) is 8.79. The Labute approximate surface area is 172 Å². The Morgan fingerprint density at radius 2 is 2.12 bits per heavy atom. The maximum absolute atomic E-state index is 4.59. The Morgan fingerprint density at radius 1 is 1.19 bits per heavy atom. The third kappa shape index (κ3) is 5.93. The minimum absolute atomic E-state index is 0. The van der Waals surface area contributed by atoms with Crippen LogP contribution in [0.2, 0.25) is 0 Å². The zero-order chi connectivity index (χ0) is 17.3. The number of fused-ring (bicyclic) bond motifs is 1. The monoisotopic (exact) mass is 469 g/mol. The van der Waals surface area contributed by atoms with Crippen molar-refractivity contribution in [3.8, 4) is 0 Å². The van der Waals surface area contributed by atoms with E-state index in [2.05, 4.69) is 42.3 Å². The molecule has 3 rings (SSSR count). The fourth-order valence-electron chi connectivity index (χ4n) is 3.02. The molecule has 0 aliphatic carbocycles. The van der Waals surface area contributed by atoms with Gasteiger partial charge in [0.2, 0.25) is 0 Å². The minimum atomic E-state index is 0. The molecule has 0 saturated carbocycles. The van der Waals surface area contributed by atoms with Crippen molar-refractivity contribution < 1.29 is 0 Å². The van der Waals surface area contributed by atoms with Gasteiger partial charge in [0, 0.05) is 38.7 Å². The van der Waals surface area contributed by atoms with Crippen LogP contribution in [-0.4, -0.2) is 38.8 Å². The van der Waals surface area contributed by atoms with Crippen molar-refractivity contribution in [2.24, 2.45) is 4.99 Å². The number of aromatic nitrogens is 4. The highest BCUT2D eigenvalue weighted by atomic mass is 127. The summed E-state index contributed by atoms with van der Waals surface area (Å²) in [5, 5.41) is 15.4. The molecule has 0 saturated heterocycles. The quantitative estimate of drug-likeness (QED) is 0.386. The summed E-state index contributed by atoms with van der Waals surface area (Å²) in [6.45, 7) is 5.29. The minimum Gasteiger partial charge on any atom is -0.357 e. The zero-order valence-electron chi connectivity index (χ0n) is 15.3. The maximum atomic E-state index is 4.59. The number of halogens is 1. The first kappa shape index (κ1) is 20.6. The zero-order valence-corrected chi connectivity index (χ0v) is 17.6. The lowest BCUT2D eigenvalue weighted by molar-refractivity contribution is 0.600. The van der Waals surface area contributed by atoms with Crippen molar-refractivity contribution in [3.63, 3.8) is 0 Å². The number of guanidine groups is 1. The first-order chi connectivity index (χ1) is 12.4. The van der Waals surface area contributed by atoms with Gasteiger partial charge in [-0.05, 0) is 31.9 Å². The Balaban J connectivity index is 0.00000243. The van der Waals surface area contributed by atoms with Crippen molar-refractivity contribution in [2.75, 3.05) is 13.1 Å². The van der Waals surface area contributed by atoms with E-state index >= 15 is 0 Å². The molecule has 0 aromatic carbocycles. The van der Waals surface area contributed by atoms with Crippen LogP contribution in [0, 0.1) is 0 Å². The summed E-state index contributed by atoms with van der Waals surface area (Å²) < 4.78 is 2.30. The molecule has 0 amide bonds. The van der Waals surface area contributed by atoms with Gasteiger partial charge in [0.1, 0.15) is 11.6 Å². The highest BCUT2D eigenvalue weighted by molar-refractivity contribution is 14.0. The molecule has 0 fully saturated rings. The number of aliphatic imine (C=N–C) groups is 1. The molecule has 0 atom stereocenters. The van der Waals surface area contributed by atoms with E-state index in [1.54, 1.807) is 6.20 Å². The second-order valence-electron chi connectivity index (χ2n) is 6.19. The summed E-state index contributed by atoms with van der Waals surface area (Å²) in [4.78, 5) is 8.90. The third-order valence-corrected chi connectivity index (χ3v) is 4.30. The summed E-state index contributed by atoms with van der Waals surface area (Å²) in [5.74, 6) is 3.02. The van der Waals surface area contributed by atoms with Gasteiger partial charge in [-0.2, -0.15) is 0 Å². The molecular weight excluding hydrogens is 441 g/mol. The standard InChI is InChI=1S/C18H27N7.HI/c1-2-19-18(22-14-15-8-5-6-11-20-15)21-12-10-17-24-23-16-9-4-3-7-13-25(16)17;/h5-6,8,11H,2-4,7,9-10,12-14H2,1H3,(H2,19,21,22);1H. The van der Waals surface area contributed by atoms with Crippen LogP contribution in [0.25, 0.3) is 0 Å². The summed E-state index contributed by atoms with van der Waals surface area (Å²) in [7, 11) is 0. The highest BCUT2D eigenvalue weighted by Gasteiger charge is 2.14. The lowest BCUT2D eigenvalue weighted by Gasteiger charge is -2.12. The second-order valence-corrected chi connectivity index (χ2v) is 6.19. The van der Waals surface area contributed by atoms with Crippen LogP contribution in [0.5, 0.6) is 0 Å². The number of hydrogen-bond acceptors (Lipinski definition) is 4. The molecule has 2 aromatic rings. The van der Waals surface area contributed by atoms with Crippen LogP contribution < -0.4 is 10.6 Å². The molecule has 2 aromatic heterocycles. The van der Waals surface area contributed by atoms with Crippen LogP contribution in [0.15, 0.2) is 29.4 Å². The first-order valence-electron chi connectivity index (χ1n) is 9.20. The SMILES string of the molecule is CCNC(=NCc1ccccn1)NCCc1nnc2n1CCCCC2.I. The van der Waals surface area contributed by atoms with E-state index in [1.165, 1.54) is 19.3 Å². The van der Waals surface area contributed by atoms with Crippen LogP contribution in [0.1, 0.15) is 43.5 Å². The van der Waals surface area contributed by atoms with Crippen LogP contribution in [-0.2, 0) is 25.9 Å². The van der Waals surface area contributed by atoms with Gasteiger partial charge in [0.05, 0.1) is 12.2 Å². The van der Waals surface area contributed by atoms with Gasteiger partial charge < -0.3 is 15.2 Å². The Bertz CT molecular complexity index is 684. The molecule has 0 radical (unpaired) electrons. The summed E-state index contributed by atoms with van der Waals surface area (Å²) in [6, 6.07) is 5.88. The van der Waals surface area contributed by atoms with E-state index in [-0.39, 0.29) is 24.0 Å². The number of rotatable bonds is 6. The van der Waals surface area contributed by atoms with Crippen LogP contribution in [0.3, 0.4) is 0 Å². The van der Waals surface area contributed by atoms with E-state index < -0.39 is 0 Å². The van der Waals surface area contributed by atoms with E-state index in [1.807, 2.05) is 18.2 Å². The lowest BCUT2D eigenvalue weighted by atomic mass is 10.2. The molecule has 0 spiro atoms. The van der Waals surface area contributed by atoms with Gasteiger partial charge in [0.25, 0.3) is 0 Å². The van der Waals surface area contributed by atoms with E-state index in [0.29, 0.717) is 6.54 Å². The fourth-order valence-corrected chi connectivity index (χ4v) is 3.02. The maximum Gasteiger partial charge on any atom is 0.191 e. The molecule has 2 N–H and O–H groups in total. The summed E-state index contributed by atoms with van der Waals surface area (Å²) >= 11 is 0. The molecule has 0 unspecified atom stereocenters. The average molecular weight is 469 g/mol. The predicted octanol–water partition coefficient (Wildman–Crippen LogP) is 2.32. The molecule has 142 valence electrons.